The highest BCUT2D eigenvalue weighted by atomic mass is 16.2. The molecule has 1 aliphatic rings. The van der Waals surface area contributed by atoms with Crippen molar-refractivity contribution in [3.63, 3.8) is 0 Å². The van der Waals surface area contributed by atoms with Gasteiger partial charge in [-0.3, -0.25) is 14.6 Å². The summed E-state index contributed by atoms with van der Waals surface area (Å²) in [5, 5.41) is 2.77. The second kappa shape index (κ2) is 10.0. The molecule has 29 heavy (non-hydrogen) atoms. The molecule has 1 aliphatic heterocycles. The zero-order valence-electron chi connectivity index (χ0n) is 17.3. The highest BCUT2D eigenvalue weighted by molar-refractivity contribution is 5.94. The highest BCUT2D eigenvalue weighted by Gasteiger charge is 2.21. The molecule has 1 saturated heterocycles. The van der Waals surface area contributed by atoms with Crippen LogP contribution in [0.3, 0.4) is 0 Å². The number of nitrogens with one attached hydrogen (secondary N) is 1. The van der Waals surface area contributed by atoms with Crippen LogP contribution in [0, 0.1) is 5.92 Å². The van der Waals surface area contributed by atoms with Gasteiger partial charge in [0, 0.05) is 63.8 Å². The zero-order chi connectivity index (χ0) is 20.6. The molecule has 0 spiro atoms. The molecule has 0 bridgehead atoms. The molecule has 2 amide bonds. The Balaban J connectivity index is 1.46. The number of hydrogen-bond acceptors (Lipinski definition) is 4. The van der Waals surface area contributed by atoms with Crippen molar-refractivity contribution in [1.29, 1.82) is 0 Å². The molecule has 0 atom stereocenters. The van der Waals surface area contributed by atoms with Gasteiger partial charge in [0.15, 0.2) is 0 Å². The maximum atomic E-state index is 12.8. The number of amides is 2. The van der Waals surface area contributed by atoms with Gasteiger partial charge in [0.1, 0.15) is 0 Å². The van der Waals surface area contributed by atoms with Crippen LogP contribution in [0.5, 0.6) is 0 Å². The van der Waals surface area contributed by atoms with Crippen molar-refractivity contribution in [2.45, 2.75) is 32.7 Å². The van der Waals surface area contributed by atoms with Crippen molar-refractivity contribution in [3.8, 4) is 0 Å². The Hall–Kier alpha value is -2.89. The molecule has 6 heteroatoms. The van der Waals surface area contributed by atoms with Gasteiger partial charge in [-0.1, -0.05) is 12.1 Å². The van der Waals surface area contributed by atoms with Crippen LogP contribution < -0.4 is 10.2 Å². The summed E-state index contributed by atoms with van der Waals surface area (Å²) in [5.74, 6) is 0.604. The number of hydrogen-bond donors (Lipinski definition) is 1. The average Bonchev–Trinajstić information content (AvgIpc) is 2.76. The lowest BCUT2D eigenvalue weighted by Gasteiger charge is -2.34. The molecular weight excluding hydrogens is 364 g/mol. The second-order valence-corrected chi connectivity index (χ2v) is 7.76. The molecule has 3 rings (SSSR count). The fraction of sp³-hybridized carbons (Fsp3) is 0.435. The second-order valence-electron chi connectivity index (χ2n) is 7.76. The van der Waals surface area contributed by atoms with Crippen molar-refractivity contribution in [3.05, 3.63) is 59.9 Å². The fourth-order valence-corrected chi connectivity index (χ4v) is 3.77. The molecular formula is C23H30N4O2. The maximum absolute atomic E-state index is 12.8. The lowest BCUT2D eigenvalue weighted by Crippen LogP contribution is -2.35. The average molecular weight is 395 g/mol. The van der Waals surface area contributed by atoms with E-state index in [-0.39, 0.29) is 11.8 Å². The predicted molar refractivity (Wildman–Crippen MR) is 115 cm³/mol. The molecule has 0 saturated carbocycles. The Morgan fingerprint density at radius 1 is 1.17 bits per heavy atom. The van der Waals surface area contributed by atoms with Gasteiger partial charge in [0.05, 0.1) is 0 Å². The van der Waals surface area contributed by atoms with Crippen LogP contribution in [0.25, 0.3) is 0 Å². The molecule has 1 fully saturated rings. The quantitative estimate of drug-likeness (QED) is 0.784. The fourth-order valence-electron chi connectivity index (χ4n) is 3.77. The highest BCUT2D eigenvalue weighted by Crippen LogP contribution is 2.25. The smallest absolute Gasteiger partial charge is 0.253 e. The van der Waals surface area contributed by atoms with Crippen molar-refractivity contribution in [1.82, 2.24) is 15.2 Å². The van der Waals surface area contributed by atoms with Gasteiger partial charge in [-0.2, -0.15) is 0 Å². The van der Waals surface area contributed by atoms with E-state index in [1.807, 2.05) is 48.6 Å². The van der Waals surface area contributed by atoms with E-state index in [9.17, 15) is 9.59 Å². The van der Waals surface area contributed by atoms with Crippen LogP contribution in [-0.2, 0) is 11.3 Å². The lowest BCUT2D eigenvalue weighted by molar-refractivity contribution is -0.119. The van der Waals surface area contributed by atoms with Gasteiger partial charge >= 0.3 is 0 Å². The summed E-state index contributed by atoms with van der Waals surface area (Å²) >= 11 is 0. The van der Waals surface area contributed by atoms with Gasteiger partial charge in [-0.15, -0.1) is 0 Å². The SMILES string of the molecule is CC(=O)NCc1cccc(C(=O)N(C)CCC2CCN(c3ccncc3)CC2)c1. The van der Waals surface area contributed by atoms with Crippen LogP contribution in [0.2, 0.25) is 0 Å². The minimum atomic E-state index is -0.0752. The van der Waals surface area contributed by atoms with Gasteiger partial charge in [0.25, 0.3) is 5.91 Å². The molecule has 1 N–H and O–H groups in total. The number of rotatable bonds is 7. The molecule has 0 aliphatic carbocycles. The van der Waals surface area contributed by atoms with Gasteiger partial charge in [-0.05, 0) is 55.0 Å². The summed E-state index contributed by atoms with van der Waals surface area (Å²) in [4.78, 5) is 32.2. The maximum Gasteiger partial charge on any atom is 0.253 e. The van der Waals surface area contributed by atoms with E-state index in [2.05, 4.69) is 27.3 Å². The van der Waals surface area contributed by atoms with E-state index in [0.29, 0.717) is 18.0 Å². The molecule has 1 aromatic heterocycles. The summed E-state index contributed by atoms with van der Waals surface area (Å²) in [6.07, 6.45) is 7.01. The molecule has 2 heterocycles. The third kappa shape index (κ3) is 6.04. The molecule has 6 nitrogen and oxygen atoms in total. The molecule has 0 radical (unpaired) electrons. The third-order valence-electron chi connectivity index (χ3n) is 5.58. The monoisotopic (exact) mass is 394 g/mol. The summed E-state index contributed by atoms with van der Waals surface area (Å²) in [6.45, 7) is 4.80. The lowest BCUT2D eigenvalue weighted by atomic mass is 9.93. The minimum absolute atomic E-state index is 0.0314. The van der Waals surface area contributed by atoms with E-state index < -0.39 is 0 Å². The Kier molecular flexibility index (Phi) is 7.22. The van der Waals surface area contributed by atoms with Crippen LogP contribution in [-0.4, -0.2) is 48.4 Å². The van der Waals surface area contributed by atoms with Crippen LogP contribution >= 0.6 is 0 Å². The number of aromatic nitrogens is 1. The summed E-state index contributed by atoms with van der Waals surface area (Å²) < 4.78 is 0. The van der Waals surface area contributed by atoms with Crippen molar-refractivity contribution >= 4 is 17.5 Å². The van der Waals surface area contributed by atoms with E-state index in [4.69, 9.17) is 0 Å². The van der Waals surface area contributed by atoms with Crippen molar-refractivity contribution in [2.24, 2.45) is 5.92 Å². The largest absolute Gasteiger partial charge is 0.371 e. The van der Waals surface area contributed by atoms with Crippen LogP contribution in [0.15, 0.2) is 48.8 Å². The van der Waals surface area contributed by atoms with Crippen molar-refractivity contribution < 1.29 is 9.59 Å². The number of carbonyl (C=O) groups is 2. The van der Waals surface area contributed by atoms with Crippen molar-refractivity contribution in [2.75, 3.05) is 31.6 Å². The van der Waals surface area contributed by atoms with E-state index in [1.165, 1.54) is 12.6 Å². The number of pyridine rings is 1. The number of nitrogens with zero attached hydrogens (tertiary/aromatic N) is 3. The Morgan fingerprint density at radius 3 is 2.59 bits per heavy atom. The molecule has 154 valence electrons. The number of carbonyl (C=O) groups excluding carboxylic acids is 2. The topological polar surface area (TPSA) is 65.5 Å². The van der Waals surface area contributed by atoms with Gasteiger partial charge in [0.2, 0.25) is 5.91 Å². The minimum Gasteiger partial charge on any atom is -0.371 e. The standard InChI is InChI=1S/C23H30N4O2/c1-18(28)25-17-20-4-3-5-21(16-20)23(29)26(2)13-8-19-9-14-27(15-10-19)22-6-11-24-12-7-22/h3-7,11-12,16,19H,8-10,13-15,17H2,1-2H3,(H,25,28). The molecule has 2 aromatic rings. The third-order valence-corrected chi connectivity index (χ3v) is 5.58. The first-order valence-electron chi connectivity index (χ1n) is 10.3. The van der Waals surface area contributed by atoms with Gasteiger partial charge < -0.3 is 15.1 Å². The van der Waals surface area contributed by atoms with E-state index >= 15 is 0 Å². The normalized spacial score (nSPS) is 14.5. The Bertz CT molecular complexity index is 817. The van der Waals surface area contributed by atoms with E-state index in [1.54, 1.807) is 0 Å². The van der Waals surface area contributed by atoms with E-state index in [0.717, 1.165) is 44.5 Å². The Labute approximate surface area is 172 Å². The van der Waals surface area contributed by atoms with Crippen LogP contribution in [0.4, 0.5) is 5.69 Å². The summed E-state index contributed by atoms with van der Waals surface area (Å²) in [6, 6.07) is 11.6. The summed E-state index contributed by atoms with van der Waals surface area (Å²) in [5.41, 5.74) is 2.84. The number of piperidine rings is 1. The molecule has 0 unspecified atom stereocenters. The van der Waals surface area contributed by atoms with Gasteiger partial charge in [-0.25, -0.2) is 0 Å². The van der Waals surface area contributed by atoms with Crippen LogP contribution in [0.1, 0.15) is 42.1 Å². The molecule has 1 aromatic carbocycles. The first-order valence-corrected chi connectivity index (χ1v) is 10.3. The first kappa shape index (κ1) is 20.8. The predicted octanol–water partition coefficient (Wildman–Crippen LogP) is 3.10. The first-order chi connectivity index (χ1) is 14.0. The Morgan fingerprint density at radius 2 is 1.90 bits per heavy atom. The summed E-state index contributed by atoms with van der Waals surface area (Å²) in [7, 11) is 1.87. The number of benzene rings is 1. The zero-order valence-corrected chi connectivity index (χ0v) is 17.3. The number of anilines is 1.